The quantitative estimate of drug-likeness (QED) is 0.189. The van der Waals surface area contributed by atoms with Gasteiger partial charge in [0.2, 0.25) is 0 Å². The van der Waals surface area contributed by atoms with Crippen LogP contribution in [0.15, 0.2) is 99.9 Å². The van der Waals surface area contributed by atoms with Crippen molar-refractivity contribution in [3.63, 3.8) is 0 Å². The molecule has 6 rings (SSSR count). The molecule has 0 fully saturated rings. The highest BCUT2D eigenvalue weighted by molar-refractivity contribution is 7.07. The number of allylic oxidation sites excluding steroid dienone is 1. The highest BCUT2D eigenvalue weighted by Crippen LogP contribution is 2.40. The van der Waals surface area contributed by atoms with E-state index in [2.05, 4.69) is 6.07 Å². The lowest BCUT2D eigenvalue weighted by molar-refractivity contribution is -0.139. The van der Waals surface area contributed by atoms with Gasteiger partial charge in [0, 0.05) is 16.1 Å². The lowest BCUT2D eigenvalue weighted by atomic mass is 9.90. The molecule has 1 atom stereocenters. The Bertz CT molecular complexity index is 2250. The third-order valence-electron chi connectivity index (χ3n) is 7.68. The van der Waals surface area contributed by atoms with E-state index in [1.54, 1.807) is 61.9 Å². The van der Waals surface area contributed by atoms with Crippen LogP contribution in [0.1, 0.15) is 42.1 Å². The first kappa shape index (κ1) is 30.8. The van der Waals surface area contributed by atoms with E-state index in [1.165, 1.54) is 11.3 Å². The number of carbonyl (C=O) groups is 1. The van der Waals surface area contributed by atoms with Crippen molar-refractivity contribution in [1.29, 1.82) is 5.26 Å². The first-order valence-corrected chi connectivity index (χ1v) is 15.7. The maximum Gasteiger partial charge on any atom is 0.338 e. The Balaban J connectivity index is 1.52. The average Bonchev–Trinajstić information content (AvgIpc) is 3.37. The van der Waals surface area contributed by atoms with Gasteiger partial charge in [0.25, 0.3) is 5.56 Å². The maximum absolute atomic E-state index is 14.4. The Morgan fingerprint density at radius 3 is 2.59 bits per heavy atom. The van der Waals surface area contributed by atoms with Crippen LogP contribution in [0.3, 0.4) is 0 Å². The number of carbonyl (C=O) groups excluding carboxylic acids is 1. The predicted molar refractivity (Wildman–Crippen MR) is 178 cm³/mol. The number of hydrogen-bond donors (Lipinski definition) is 0. The topological polar surface area (TPSA) is 103 Å². The van der Waals surface area contributed by atoms with Crippen LogP contribution in [0, 0.1) is 11.3 Å². The fraction of sp³-hybridized carbons (Fsp3) is 0.167. The third-order valence-corrected chi connectivity index (χ3v) is 8.89. The lowest BCUT2D eigenvalue weighted by Crippen LogP contribution is -2.40. The standard InChI is InChI=1S/C36H28ClN3O5S/c1-4-44-35(42)31-21(2)39-36-40(33(31)32-27-8-6-5-7-24(27)13-15-29(32)43-3)34(41)30(46-36)18-25-17-26(37)14-16-28(25)45-20-23-11-9-22(19-38)10-12-23/h5-18,33H,4,20H2,1-3H3/b30-18-/t33-/m1/s1. The predicted octanol–water partition coefficient (Wildman–Crippen LogP) is 6.06. The molecule has 0 radical (unpaired) electrons. The molecule has 0 aliphatic carbocycles. The van der Waals surface area contributed by atoms with E-state index in [1.807, 2.05) is 48.5 Å². The molecule has 2 heterocycles. The summed E-state index contributed by atoms with van der Waals surface area (Å²) >= 11 is 7.60. The van der Waals surface area contributed by atoms with E-state index in [9.17, 15) is 9.59 Å². The van der Waals surface area contributed by atoms with E-state index in [4.69, 9.17) is 36.1 Å². The van der Waals surface area contributed by atoms with Crippen molar-refractivity contribution in [2.24, 2.45) is 4.99 Å². The molecular formula is C36H28ClN3O5S. The van der Waals surface area contributed by atoms with Gasteiger partial charge in [-0.1, -0.05) is 65.4 Å². The second-order valence-electron chi connectivity index (χ2n) is 10.5. The van der Waals surface area contributed by atoms with E-state index in [-0.39, 0.29) is 24.3 Å². The van der Waals surface area contributed by atoms with Crippen LogP contribution in [-0.4, -0.2) is 24.3 Å². The molecule has 230 valence electrons. The summed E-state index contributed by atoms with van der Waals surface area (Å²) in [5.41, 5.74) is 3.10. The second-order valence-corrected chi connectivity index (χ2v) is 11.9. The van der Waals surface area contributed by atoms with E-state index < -0.39 is 12.0 Å². The van der Waals surface area contributed by atoms with Gasteiger partial charge in [0.15, 0.2) is 4.80 Å². The average molecular weight is 650 g/mol. The molecular weight excluding hydrogens is 622 g/mol. The molecule has 5 aromatic rings. The molecule has 0 spiro atoms. The number of benzene rings is 4. The van der Waals surface area contributed by atoms with Crippen molar-refractivity contribution < 1.29 is 19.0 Å². The zero-order valence-electron chi connectivity index (χ0n) is 25.2. The Kier molecular flexibility index (Phi) is 8.75. The first-order chi connectivity index (χ1) is 22.3. The minimum Gasteiger partial charge on any atom is -0.496 e. The highest BCUT2D eigenvalue weighted by Gasteiger charge is 2.36. The molecule has 0 unspecified atom stereocenters. The number of nitrogens with zero attached hydrogens (tertiary/aromatic N) is 3. The van der Waals surface area contributed by atoms with Crippen LogP contribution in [0.4, 0.5) is 0 Å². The lowest BCUT2D eigenvalue weighted by Gasteiger charge is -2.27. The molecule has 8 nitrogen and oxygen atoms in total. The molecule has 0 amide bonds. The maximum atomic E-state index is 14.4. The summed E-state index contributed by atoms with van der Waals surface area (Å²) < 4.78 is 19.4. The summed E-state index contributed by atoms with van der Waals surface area (Å²) in [6.45, 7) is 3.90. The number of methoxy groups -OCH3 is 1. The van der Waals surface area contributed by atoms with Crippen molar-refractivity contribution in [1.82, 2.24) is 4.57 Å². The number of thiazole rings is 1. The van der Waals surface area contributed by atoms with Crippen LogP contribution in [-0.2, 0) is 16.1 Å². The molecule has 0 bridgehead atoms. The van der Waals surface area contributed by atoms with Gasteiger partial charge in [-0.25, -0.2) is 9.79 Å². The molecule has 0 saturated heterocycles. The Morgan fingerprint density at radius 2 is 1.85 bits per heavy atom. The van der Waals surface area contributed by atoms with Crippen molar-refractivity contribution in [2.75, 3.05) is 13.7 Å². The SMILES string of the molecule is CCOC(=O)C1=C(C)N=c2s/c(=C\c3cc(Cl)ccc3OCc3ccc(C#N)cc3)c(=O)n2[C@H]1c1c(OC)ccc2ccccc12. The molecule has 1 aliphatic rings. The van der Waals surface area contributed by atoms with Crippen molar-refractivity contribution in [3.05, 3.63) is 137 Å². The number of aromatic nitrogens is 1. The summed E-state index contributed by atoms with van der Waals surface area (Å²) in [4.78, 5) is 33.0. The molecule has 1 aromatic heterocycles. The van der Waals surface area contributed by atoms with Crippen molar-refractivity contribution in [3.8, 4) is 17.6 Å². The van der Waals surface area contributed by atoms with Gasteiger partial charge in [0.05, 0.1) is 41.2 Å². The number of fused-ring (bicyclic) bond motifs is 2. The van der Waals surface area contributed by atoms with Crippen LogP contribution in [0.25, 0.3) is 16.8 Å². The zero-order valence-corrected chi connectivity index (χ0v) is 26.8. The van der Waals surface area contributed by atoms with Gasteiger partial charge >= 0.3 is 5.97 Å². The van der Waals surface area contributed by atoms with Crippen LogP contribution >= 0.6 is 22.9 Å². The third kappa shape index (κ3) is 5.81. The Morgan fingerprint density at radius 1 is 1.09 bits per heavy atom. The summed E-state index contributed by atoms with van der Waals surface area (Å²) in [7, 11) is 1.57. The Hall–Kier alpha value is -5.17. The monoisotopic (exact) mass is 649 g/mol. The van der Waals surface area contributed by atoms with Gasteiger partial charge in [-0.2, -0.15) is 5.26 Å². The summed E-state index contributed by atoms with van der Waals surface area (Å²) in [5.74, 6) is 0.504. The largest absolute Gasteiger partial charge is 0.496 e. The normalized spacial score (nSPS) is 14.4. The molecule has 0 saturated carbocycles. The number of ether oxygens (including phenoxy) is 3. The molecule has 4 aromatic carbocycles. The molecule has 1 aliphatic heterocycles. The minimum atomic E-state index is -0.857. The Labute approximate surface area is 273 Å². The second kappa shape index (κ2) is 13.1. The van der Waals surface area contributed by atoms with E-state index in [0.717, 1.165) is 16.3 Å². The van der Waals surface area contributed by atoms with Crippen LogP contribution in [0.2, 0.25) is 5.02 Å². The number of rotatable bonds is 8. The van der Waals surface area contributed by atoms with Gasteiger partial charge < -0.3 is 14.2 Å². The van der Waals surface area contributed by atoms with Gasteiger partial charge in [-0.05, 0) is 72.7 Å². The van der Waals surface area contributed by atoms with Gasteiger partial charge in [-0.15, -0.1) is 0 Å². The molecule has 10 heteroatoms. The van der Waals surface area contributed by atoms with E-state index in [0.29, 0.717) is 48.2 Å². The molecule has 0 N–H and O–H groups in total. The number of hydrogen-bond acceptors (Lipinski definition) is 8. The smallest absolute Gasteiger partial charge is 0.338 e. The molecule has 46 heavy (non-hydrogen) atoms. The highest BCUT2D eigenvalue weighted by atomic mass is 35.5. The minimum absolute atomic E-state index is 0.166. The first-order valence-electron chi connectivity index (χ1n) is 14.5. The van der Waals surface area contributed by atoms with Crippen molar-refractivity contribution in [2.45, 2.75) is 26.5 Å². The number of esters is 1. The van der Waals surface area contributed by atoms with Crippen molar-refractivity contribution >= 4 is 45.8 Å². The van der Waals surface area contributed by atoms with Crippen LogP contribution in [0.5, 0.6) is 11.5 Å². The summed E-state index contributed by atoms with van der Waals surface area (Å²) in [6, 6.07) is 25.1. The fourth-order valence-corrected chi connectivity index (χ4v) is 6.76. The van der Waals surface area contributed by atoms with Crippen LogP contribution < -0.4 is 24.4 Å². The van der Waals surface area contributed by atoms with Gasteiger partial charge in [0.1, 0.15) is 24.1 Å². The van der Waals surface area contributed by atoms with E-state index >= 15 is 0 Å². The zero-order chi connectivity index (χ0) is 32.4. The fourth-order valence-electron chi connectivity index (χ4n) is 5.54. The number of nitriles is 1. The summed E-state index contributed by atoms with van der Waals surface area (Å²) in [6.07, 6.45) is 1.73. The summed E-state index contributed by atoms with van der Waals surface area (Å²) in [5, 5.41) is 11.3. The number of halogens is 1. The van der Waals surface area contributed by atoms with Gasteiger partial charge in [-0.3, -0.25) is 9.36 Å².